The number of benzene rings is 2. The van der Waals surface area contributed by atoms with Crippen LogP contribution in [0.3, 0.4) is 0 Å². The molecule has 0 saturated heterocycles. The summed E-state index contributed by atoms with van der Waals surface area (Å²) >= 11 is 1.43. The normalized spacial score (nSPS) is 11.2. The first-order chi connectivity index (χ1) is 14.3. The Bertz CT molecular complexity index is 1140. The zero-order chi connectivity index (χ0) is 21.7. The molecule has 30 heavy (non-hydrogen) atoms. The van der Waals surface area contributed by atoms with Gasteiger partial charge in [-0.05, 0) is 68.8 Å². The van der Waals surface area contributed by atoms with E-state index in [4.69, 9.17) is 0 Å². The number of hydrogen-bond acceptors (Lipinski definition) is 5. The number of carbonyl (C=O) groups is 1. The number of amides is 1. The van der Waals surface area contributed by atoms with Crippen LogP contribution in [-0.4, -0.2) is 25.9 Å². The topological polar surface area (TPSA) is 88.2 Å². The third-order valence-electron chi connectivity index (χ3n) is 4.28. The summed E-state index contributed by atoms with van der Waals surface area (Å²) in [5, 5.41) is 3.47. The summed E-state index contributed by atoms with van der Waals surface area (Å²) in [4.78, 5) is 17.3. The Morgan fingerprint density at radius 2 is 1.77 bits per heavy atom. The van der Waals surface area contributed by atoms with Crippen LogP contribution in [0.5, 0.6) is 0 Å². The third-order valence-corrected chi connectivity index (χ3v) is 6.78. The molecule has 0 aliphatic rings. The molecule has 0 fully saturated rings. The molecule has 0 atom stereocenters. The number of rotatable bonds is 7. The van der Waals surface area contributed by atoms with Gasteiger partial charge in [-0.3, -0.25) is 9.52 Å². The quantitative estimate of drug-likeness (QED) is 0.567. The lowest BCUT2D eigenvalue weighted by Crippen LogP contribution is -2.22. The van der Waals surface area contributed by atoms with Crippen molar-refractivity contribution in [2.75, 3.05) is 11.3 Å². The van der Waals surface area contributed by atoms with Gasteiger partial charge in [0.2, 0.25) is 0 Å². The molecule has 0 bridgehead atoms. The van der Waals surface area contributed by atoms with Crippen LogP contribution >= 0.6 is 11.8 Å². The number of nitrogens with one attached hydrogen (secondary N) is 2. The van der Waals surface area contributed by atoms with Gasteiger partial charge < -0.3 is 5.32 Å². The van der Waals surface area contributed by atoms with Gasteiger partial charge in [-0.2, -0.15) is 0 Å². The highest BCUT2D eigenvalue weighted by molar-refractivity contribution is 7.99. The molecule has 1 aromatic heterocycles. The Morgan fingerprint density at radius 3 is 2.37 bits per heavy atom. The standard InChI is InChI=1S/C22H23N3O3S2/c1-4-23-22(26)17-6-12-21(24-14-17)29-19-9-7-18(8-10-19)25-30(27,28)20-11-5-15(2)13-16(20)3/h5-14,25H,4H2,1-3H3,(H,23,26). The fourth-order valence-corrected chi connectivity index (χ4v) is 4.90. The van der Waals surface area contributed by atoms with E-state index in [1.807, 2.05) is 32.0 Å². The van der Waals surface area contributed by atoms with E-state index in [0.29, 0.717) is 23.4 Å². The van der Waals surface area contributed by atoms with Crippen LogP contribution in [0.15, 0.2) is 75.6 Å². The second-order valence-electron chi connectivity index (χ2n) is 6.75. The average Bonchev–Trinajstić information content (AvgIpc) is 2.69. The van der Waals surface area contributed by atoms with Crippen LogP contribution in [0.2, 0.25) is 0 Å². The average molecular weight is 442 g/mol. The third kappa shape index (κ3) is 5.40. The summed E-state index contributed by atoms with van der Waals surface area (Å²) in [5.41, 5.74) is 2.72. The minimum Gasteiger partial charge on any atom is -0.352 e. The molecule has 0 radical (unpaired) electrons. The molecule has 0 aliphatic heterocycles. The fourth-order valence-electron chi connectivity index (χ4n) is 2.86. The van der Waals surface area contributed by atoms with Gasteiger partial charge in [-0.25, -0.2) is 13.4 Å². The first kappa shape index (κ1) is 21.9. The Morgan fingerprint density at radius 1 is 1.03 bits per heavy atom. The van der Waals surface area contributed by atoms with Crippen molar-refractivity contribution in [3.63, 3.8) is 0 Å². The molecule has 3 aromatic rings. The van der Waals surface area contributed by atoms with Crippen molar-refractivity contribution in [2.45, 2.75) is 35.6 Å². The van der Waals surface area contributed by atoms with E-state index in [1.165, 1.54) is 11.8 Å². The molecule has 1 heterocycles. The van der Waals surface area contributed by atoms with Gasteiger partial charge in [0.25, 0.3) is 15.9 Å². The molecule has 0 saturated carbocycles. The highest BCUT2D eigenvalue weighted by Crippen LogP contribution is 2.28. The lowest BCUT2D eigenvalue weighted by molar-refractivity contribution is 0.0955. The van der Waals surface area contributed by atoms with Crippen LogP contribution in [-0.2, 0) is 10.0 Å². The van der Waals surface area contributed by atoms with Gasteiger partial charge in [0.05, 0.1) is 10.5 Å². The molecule has 1 amide bonds. The number of aromatic nitrogens is 1. The summed E-state index contributed by atoms with van der Waals surface area (Å²) in [5.74, 6) is -0.151. The van der Waals surface area contributed by atoms with E-state index >= 15 is 0 Å². The van der Waals surface area contributed by atoms with Gasteiger partial charge in [0.15, 0.2) is 0 Å². The molecule has 2 aromatic carbocycles. The lowest BCUT2D eigenvalue weighted by Gasteiger charge is -2.11. The fraction of sp³-hybridized carbons (Fsp3) is 0.182. The molecule has 0 aliphatic carbocycles. The van der Waals surface area contributed by atoms with E-state index in [-0.39, 0.29) is 10.8 Å². The summed E-state index contributed by atoms with van der Waals surface area (Å²) in [6, 6.07) is 15.8. The van der Waals surface area contributed by atoms with Crippen molar-refractivity contribution in [1.82, 2.24) is 10.3 Å². The first-order valence-corrected chi connectivity index (χ1v) is 11.7. The van der Waals surface area contributed by atoms with E-state index < -0.39 is 10.0 Å². The molecule has 0 unspecified atom stereocenters. The van der Waals surface area contributed by atoms with Crippen molar-refractivity contribution in [2.24, 2.45) is 0 Å². The van der Waals surface area contributed by atoms with E-state index in [0.717, 1.165) is 15.5 Å². The molecule has 6 nitrogen and oxygen atoms in total. The van der Waals surface area contributed by atoms with Crippen molar-refractivity contribution in [3.8, 4) is 0 Å². The molecule has 3 rings (SSSR count). The molecule has 0 spiro atoms. The second kappa shape index (κ2) is 9.32. The number of pyridine rings is 1. The van der Waals surface area contributed by atoms with Gasteiger partial charge in [-0.1, -0.05) is 29.5 Å². The Kier molecular flexibility index (Phi) is 6.79. The molecule has 2 N–H and O–H groups in total. The van der Waals surface area contributed by atoms with Gasteiger partial charge in [-0.15, -0.1) is 0 Å². The number of anilines is 1. The van der Waals surface area contributed by atoms with E-state index in [9.17, 15) is 13.2 Å². The van der Waals surface area contributed by atoms with Crippen LogP contribution in [0, 0.1) is 13.8 Å². The van der Waals surface area contributed by atoms with Gasteiger partial charge in [0.1, 0.15) is 5.03 Å². The van der Waals surface area contributed by atoms with Crippen LogP contribution in [0.4, 0.5) is 5.69 Å². The van der Waals surface area contributed by atoms with Crippen LogP contribution in [0.25, 0.3) is 0 Å². The van der Waals surface area contributed by atoms with Crippen molar-refractivity contribution in [3.05, 3.63) is 77.5 Å². The highest BCUT2D eigenvalue weighted by Gasteiger charge is 2.17. The summed E-state index contributed by atoms with van der Waals surface area (Å²) in [6.07, 6.45) is 1.54. The number of sulfonamides is 1. The summed E-state index contributed by atoms with van der Waals surface area (Å²) < 4.78 is 28.0. The maximum Gasteiger partial charge on any atom is 0.262 e. The van der Waals surface area contributed by atoms with Crippen molar-refractivity contribution in [1.29, 1.82) is 0 Å². The van der Waals surface area contributed by atoms with Crippen molar-refractivity contribution < 1.29 is 13.2 Å². The lowest BCUT2D eigenvalue weighted by atomic mass is 10.2. The zero-order valence-corrected chi connectivity index (χ0v) is 18.6. The highest BCUT2D eigenvalue weighted by atomic mass is 32.2. The molecule has 156 valence electrons. The predicted octanol–water partition coefficient (Wildman–Crippen LogP) is 4.40. The minimum absolute atomic E-state index is 0.151. The number of nitrogens with zero attached hydrogens (tertiary/aromatic N) is 1. The smallest absolute Gasteiger partial charge is 0.262 e. The Balaban J connectivity index is 1.68. The predicted molar refractivity (Wildman–Crippen MR) is 120 cm³/mol. The SMILES string of the molecule is CCNC(=O)c1ccc(Sc2ccc(NS(=O)(=O)c3ccc(C)cc3C)cc2)nc1. The number of aryl methyl sites for hydroxylation is 2. The molecule has 8 heteroatoms. The van der Waals surface area contributed by atoms with Gasteiger partial charge in [0, 0.05) is 23.3 Å². The maximum absolute atomic E-state index is 12.7. The van der Waals surface area contributed by atoms with Crippen LogP contribution < -0.4 is 10.0 Å². The minimum atomic E-state index is -3.66. The van der Waals surface area contributed by atoms with Crippen molar-refractivity contribution >= 4 is 33.4 Å². The Labute approximate surface area is 181 Å². The zero-order valence-electron chi connectivity index (χ0n) is 17.0. The maximum atomic E-state index is 12.7. The Hall–Kier alpha value is -2.84. The van der Waals surface area contributed by atoms with E-state index in [1.54, 1.807) is 49.5 Å². The monoisotopic (exact) mass is 441 g/mol. The van der Waals surface area contributed by atoms with E-state index in [2.05, 4.69) is 15.0 Å². The molecular formula is C22H23N3O3S2. The number of carbonyl (C=O) groups excluding carboxylic acids is 1. The van der Waals surface area contributed by atoms with Crippen LogP contribution in [0.1, 0.15) is 28.4 Å². The summed E-state index contributed by atoms with van der Waals surface area (Å²) in [7, 11) is -3.66. The first-order valence-electron chi connectivity index (χ1n) is 9.41. The largest absolute Gasteiger partial charge is 0.352 e. The summed E-state index contributed by atoms with van der Waals surface area (Å²) in [6.45, 7) is 6.14. The van der Waals surface area contributed by atoms with Gasteiger partial charge >= 0.3 is 0 Å². The second-order valence-corrected chi connectivity index (χ2v) is 9.49. The molecular weight excluding hydrogens is 418 g/mol. The number of hydrogen-bond donors (Lipinski definition) is 2.